The van der Waals surface area contributed by atoms with Gasteiger partial charge in [0, 0.05) is 0 Å². The van der Waals surface area contributed by atoms with Gasteiger partial charge in [0.15, 0.2) is 0 Å². The number of nitrogens with zero attached hydrogens (tertiary/aromatic N) is 1. The Labute approximate surface area is 115 Å². The van der Waals surface area contributed by atoms with Gasteiger partial charge < -0.3 is 12.9 Å². The number of hydrogen-bond donors (Lipinski definition) is 0. The van der Waals surface area contributed by atoms with Crippen LogP contribution in [0.2, 0.25) is 0 Å². The smallest absolute Gasteiger partial charge is 0.444 e. The molecule has 0 N–H and O–H groups in total. The molecule has 1 heterocycles. The van der Waals surface area contributed by atoms with E-state index in [1.54, 1.807) is 6.92 Å². The predicted octanol–water partition coefficient (Wildman–Crippen LogP) is -1.18. The minimum Gasteiger partial charge on any atom is -0.444 e. The van der Waals surface area contributed by atoms with E-state index in [2.05, 4.69) is 4.98 Å². The maximum Gasteiger partial charge on any atom is 1.00 e. The summed E-state index contributed by atoms with van der Waals surface area (Å²) in [6, 6.07) is 0. The van der Waals surface area contributed by atoms with Crippen molar-refractivity contribution in [3.63, 3.8) is 0 Å². The van der Waals surface area contributed by atoms with Gasteiger partial charge >= 0.3 is 58.4 Å². The van der Waals surface area contributed by atoms with Gasteiger partial charge in [0.1, 0.15) is 0 Å². The Kier molecular flexibility index (Phi) is 4.99. The van der Waals surface area contributed by atoms with Crippen molar-refractivity contribution in [2.45, 2.75) is 13.8 Å². The first-order valence-corrected chi connectivity index (χ1v) is 3.87. The molecule has 0 saturated carbocycles. The van der Waals surface area contributed by atoms with Crippen LogP contribution in [0.4, 0.5) is 12.9 Å². The molecule has 0 saturated heterocycles. The van der Waals surface area contributed by atoms with Gasteiger partial charge in [0.2, 0.25) is 0 Å². The first kappa shape index (κ1) is 13.1. The third-order valence-corrected chi connectivity index (χ3v) is 2.15. The Bertz CT molecular complexity index is 272. The molecule has 0 atom stereocenters. The molecule has 62 valence electrons. The van der Waals surface area contributed by atoms with Crippen LogP contribution in [-0.2, 0) is 0 Å². The number of aryl methyl sites for hydroxylation is 2. The van der Waals surface area contributed by atoms with E-state index in [0.29, 0.717) is 5.01 Å². The standard InChI is InChI=1S/C5H6BF3NS.K/c1-3-5(6(7,8)9)10-4(2)11-3;/h1-2H3;/q-1;+1. The second-order valence-corrected chi connectivity index (χ2v) is 3.66. The van der Waals surface area contributed by atoms with E-state index >= 15 is 0 Å². The zero-order valence-electron chi connectivity index (χ0n) is 7.07. The van der Waals surface area contributed by atoms with Crippen LogP contribution in [-0.4, -0.2) is 12.0 Å². The van der Waals surface area contributed by atoms with Gasteiger partial charge in [-0.25, -0.2) is 0 Å². The molecule has 0 aliphatic carbocycles. The maximum atomic E-state index is 12.1. The van der Waals surface area contributed by atoms with Crippen LogP contribution in [0.3, 0.4) is 0 Å². The summed E-state index contributed by atoms with van der Waals surface area (Å²) in [6.07, 6.45) is 0. The number of thiazole rings is 1. The van der Waals surface area contributed by atoms with E-state index in [0.717, 1.165) is 11.3 Å². The summed E-state index contributed by atoms with van der Waals surface area (Å²) in [5.41, 5.74) is -0.688. The average Bonchev–Trinajstić information content (AvgIpc) is 2.08. The van der Waals surface area contributed by atoms with Gasteiger partial charge in [0.25, 0.3) is 0 Å². The van der Waals surface area contributed by atoms with Crippen LogP contribution in [0.25, 0.3) is 0 Å². The van der Waals surface area contributed by atoms with E-state index in [-0.39, 0.29) is 56.3 Å². The van der Waals surface area contributed by atoms with Gasteiger partial charge in [-0.15, -0.1) is 11.3 Å². The molecule has 0 aliphatic heterocycles. The van der Waals surface area contributed by atoms with Crippen LogP contribution in [0.1, 0.15) is 9.88 Å². The van der Waals surface area contributed by atoms with E-state index < -0.39 is 12.6 Å². The van der Waals surface area contributed by atoms with Crippen LogP contribution in [0.15, 0.2) is 0 Å². The fourth-order valence-electron chi connectivity index (χ4n) is 0.849. The summed E-state index contributed by atoms with van der Waals surface area (Å²) in [4.78, 5) is 3.66. The minimum absolute atomic E-state index is 0. The molecule has 12 heavy (non-hydrogen) atoms. The van der Waals surface area contributed by atoms with Crippen molar-refractivity contribution in [1.29, 1.82) is 0 Å². The third-order valence-electron chi connectivity index (χ3n) is 1.25. The van der Waals surface area contributed by atoms with E-state index in [9.17, 15) is 12.9 Å². The van der Waals surface area contributed by atoms with Gasteiger partial charge in [-0.3, -0.25) is 4.98 Å². The maximum absolute atomic E-state index is 12.1. The van der Waals surface area contributed by atoms with Crippen molar-refractivity contribution < 1.29 is 64.3 Å². The topological polar surface area (TPSA) is 12.9 Å². The zero-order valence-corrected chi connectivity index (χ0v) is 11.0. The molecule has 1 aromatic heterocycles. The summed E-state index contributed by atoms with van der Waals surface area (Å²) in [5, 5.41) is 0.469. The molecule has 0 radical (unpaired) electrons. The molecule has 7 heteroatoms. The fourth-order valence-corrected chi connectivity index (χ4v) is 1.72. The largest absolute Gasteiger partial charge is 1.00 e. The number of rotatable bonds is 1. The molecular formula is C5H6BF3KNS. The molecule has 0 aromatic carbocycles. The van der Waals surface area contributed by atoms with Crippen LogP contribution < -0.4 is 57.0 Å². The molecule has 0 amide bonds. The Morgan fingerprint density at radius 2 is 1.75 bits per heavy atom. The van der Waals surface area contributed by atoms with Crippen molar-refractivity contribution in [2.24, 2.45) is 0 Å². The second kappa shape index (κ2) is 4.57. The quantitative estimate of drug-likeness (QED) is 0.542. The Balaban J connectivity index is 0.00000121. The summed E-state index contributed by atoms with van der Waals surface area (Å²) < 4.78 is 36.2. The van der Waals surface area contributed by atoms with Crippen molar-refractivity contribution in [1.82, 2.24) is 4.98 Å². The number of halogens is 3. The number of aromatic nitrogens is 1. The van der Waals surface area contributed by atoms with Crippen LogP contribution in [0, 0.1) is 13.8 Å². The summed E-state index contributed by atoms with van der Waals surface area (Å²) in [5.74, 6) is 0. The molecule has 1 rings (SSSR count). The molecule has 0 bridgehead atoms. The SMILES string of the molecule is Cc1nc([B-](F)(F)F)c(C)s1.[K+]. The molecule has 0 spiro atoms. The van der Waals surface area contributed by atoms with Crippen molar-refractivity contribution in [3.8, 4) is 0 Å². The molecule has 0 fully saturated rings. The van der Waals surface area contributed by atoms with Gasteiger partial charge in [0.05, 0.1) is 5.01 Å². The summed E-state index contributed by atoms with van der Waals surface area (Å²) in [6.45, 7) is -1.90. The second-order valence-electron chi connectivity index (χ2n) is 2.25. The Morgan fingerprint density at radius 1 is 1.25 bits per heavy atom. The minimum atomic E-state index is -4.91. The van der Waals surface area contributed by atoms with Crippen molar-refractivity contribution in [3.05, 3.63) is 9.88 Å². The van der Waals surface area contributed by atoms with Gasteiger partial charge in [-0.1, -0.05) is 0 Å². The van der Waals surface area contributed by atoms with E-state index in [1.165, 1.54) is 6.92 Å². The fraction of sp³-hybridized carbons (Fsp3) is 0.400. The molecule has 1 aromatic rings. The Hall–Kier alpha value is 1.12. The van der Waals surface area contributed by atoms with Gasteiger partial charge in [-0.05, 0) is 24.3 Å². The first-order chi connectivity index (χ1) is 4.91. The normalized spacial score (nSPS) is 11.1. The number of hydrogen-bond acceptors (Lipinski definition) is 2. The van der Waals surface area contributed by atoms with Crippen molar-refractivity contribution in [2.75, 3.05) is 0 Å². The first-order valence-electron chi connectivity index (χ1n) is 3.05. The average molecular weight is 219 g/mol. The van der Waals surface area contributed by atoms with Crippen molar-refractivity contribution >= 4 is 23.9 Å². The Morgan fingerprint density at radius 3 is 1.92 bits per heavy atom. The van der Waals surface area contributed by atoms with E-state index in [4.69, 9.17) is 0 Å². The zero-order chi connectivity index (χ0) is 8.65. The van der Waals surface area contributed by atoms with Gasteiger partial charge in [-0.2, -0.15) is 0 Å². The molecule has 0 aliphatic rings. The predicted molar refractivity (Wildman–Crippen MR) is 40.3 cm³/mol. The van der Waals surface area contributed by atoms with Crippen LogP contribution in [0.5, 0.6) is 0 Å². The van der Waals surface area contributed by atoms with Crippen LogP contribution >= 0.6 is 11.3 Å². The molecule has 1 nitrogen and oxygen atoms in total. The molecular weight excluding hydrogens is 213 g/mol. The third kappa shape index (κ3) is 3.12. The van der Waals surface area contributed by atoms with E-state index in [1.807, 2.05) is 0 Å². The summed E-state index contributed by atoms with van der Waals surface area (Å²) in [7, 11) is 0. The summed E-state index contributed by atoms with van der Waals surface area (Å²) >= 11 is 1.08. The monoisotopic (exact) mass is 219 g/mol. The molecule has 0 unspecified atom stereocenters.